The largest absolute Gasteiger partial charge is 0.459 e. The number of thiazole rings is 1. The summed E-state index contributed by atoms with van der Waals surface area (Å²) in [5.41, 5.74) is 0.990. The lowest BCUT2D eigenvalue weighted by molar-refractivity contribution is -0.124. The van der Waals surface area contributed by atoms with Crippen molar-refractivity contribution in [2.75, 3.05) is 19.6 Å². The summed E-state index contributed by atoms with van der Waals surface area (Å²) in [5, 5.41) is 5.74. The van der Waals surface area contributed by atoms with E-state index in [1.807, 2.05) is 24.4 Å². The first-order chi connectivity index (χ1) is 9.20. The van der Waals surface area contributed by atoms with Gasteiger partial charge in [0.2, 0.25) is 5.91 Å². The minimum Gasteiger partial charge on any atom is -0.459 e. The molecule has 0 bridgehead atoms. The third kappa shape index (κ3) is 2.85. The van der Waals surface area contributed by atoms with Crippen LogP contribution < -0.4 is 5.32 Å². The van der Waals surface area contributed by atoms with Crippen LogP contribution in [0.25, 0.3) is 10.8 Å². The first-order valence-corrected chi connectivity index (χ1v) is 7.09. The molecule has 100 valence electrons. The molecular formula is C13H15N3O2S. The van der Waals surface area contributed by atoms with Gasteiger partial charge in [-0.2, -0.15) is 0 Å². The molecule has 0 aromatic carbocycles. The van der Waals surface area contributed by atoms with Crippen molar-refractivity contribution in [3.05, 3.63) is 29.0 Å². The highest BCUT2D eigenvalue weighted by atomic mass is 32.1. The Hall–Kier alpha value is -1.66. The van der Waals surface area contributed by atoms with Crippen molar-refractivity contribution in [3.63, 3.8) is 0 Å². The molecule has 3 heterocycles. The topological polar surface area (TPSA) is 58.4 Å². The van der Waals surface area contributed by atoms with Crippen LogP contribution in [0.4, 0.5) is 0 Å². The van der Waals surface area contributed by atoms with Gasteiger partial charge in [-0.3, -0.25) is 9.69 Å². The van der Waals surface area contributed by atoms with E-state index in [1.54, 1.807) is 11.3 Å². The van der Waals surface area contributed by atoms with Crippen molar-refractivity contribution < 1.29 is 9.21 Å². The standard InChI is InChI=1S/C13H15N3O2S/c1-9-2-3-11(18-9)13-15-10(8-19-13)6-16-5-4-14-12(17)7-16/h2-3,8H,4-7H2,1H3,(H,14,17). The van der Waals surface area contributed by atoms with Crippen molar-refractivity contribution in [1.82, 2.24) is 15.2 Å². The van der Waals surface area contributed by atoms with Crippen molar-refractivity contribution in [3.8, 4) is 10.8 Å². The fourth-order valence-electron chi connectivity index (χ4n) is 2.10. The van der Waals surface area contributed by atoms with Gasteiger partial charge in [0.15, 0.2) is 10.8 Å². The maximum atomic E-state index is 11.3. The molecular weight excluding hydrogens is 262 g/mol. The maximum Gasteiger partial charge on any atom is 0.234 e. The van der Waals surface area contributed by atoms with E-state index < -0.39 is 0 Å². The summed E-state index contributed by atoms with van der Waals surface area (Å²) in [6.07, 6.45) is 0. The first-order valence-electron chi connectivity index (χ1n) is 6.21. The Morgan fingerprint density at radius 1 is 1.53 bits per heavy atom. The zero-order valence-corrected chi connectivity index (χ0v) is 11.5. The lowest BCUT2D eigenvalue weighted by Crippen LogP contribution is -2.47. The molecule has 0 atom stereocenters. The molecule has 0 saturated carbocycles. The van der Waals surface area contributed by atoms with Crippen molar-refractivity contribution in [2.24, 2.45) is 0 Å². The van der Waals surface area contributed by atoms with E-state index in [2.05, 4.69) is 15.2 Å². The van der Waals surface area contributed by atoms with Gasteiger partial charge >= 0.3 is 0 Å². The average molecular weight is 277 g/mol. The number of hydrogen-bond donors (Lipinski definition) is 1. The van der Waals surface area contributed by atoms with Crippen molar-refractivity contribution in [1.29, 1.82) is 0 Å². The number of carbonyl (C=O) groups excluding carboxylic acids is 1. The highest BCUT2D eigenvalue weighted by Gasteiger charge is 2.17. The zero-order chi connectivity index (χ0) is 13.2. The quantitative estimate of drug-likeness (QED) is 0.926. The van der Waals surface area contributed by atoms with Crippen molar-refractivity contribution in [2.45, 2.75) is 13.5 Å². The number of carbonyl (C=O) groups is 1. The minimum absolute atomic E-state index is 0.0864. The lowest BCUT2D eigenvalue weighted by Gasteiger charge is -2.25. The second-order valence-corrected chi connectivity index (χ2v) is 5.47. The summed E-state index contributed by atoms with van der Waals surface area (Å²) in [6, 6.07) is 3.87. The minimum atomic E-state index is 0.0864. The number of aryl methyl sites for hydroxylation is 1. The Morgan fingerprint density at radius 3 is 3.16 bits per heavy atom. The second kappa shape index (κ2) is 5.14. The smallest absolute Gasteiger partial charge is 0.234 e. The summed E-state index contributed by atoms with van der Waals surface area (Å²) < 4.78 is 5.56. The van der Waals surface area contributed by atoms with Crippen molar-refractivity contribution >= 4 is 17.2 Å². The van der Waals surface area contributed by atoms with Gasteiger partial charge in [0.1, 0.15) is 5.76 Å². The van der Waals surface area contributed by atoms with Gasteiger partial charge < -0.3 is 9.73 Å². The molecule has 0 spiro atoms. The van der Waals surface area contributed by atoms with E-state index in [1.165, 1.54) is 0 Å². The Labute approximate surface area is 115 Å². The average Bonchev–Trinajstić information content (AvgIpc) is 2.98. The number of aromatic nitrogens is 1. The number of nitrogens with one attached hydrogen (secondary N) is 1. The number of furan rings is 1. The highest BCUT2D eigenvalue weighted by Crippen LogP contribution is 2.26. The molecule has 2 aromatic rings. The predicted molar refractivity (Wildman–Crippen MR) is 72.8 cm³/mol. The van der Waals surface area contributed by atoms with Crippen LogP contribution in [0.1, 0.15) is 11.5 Å². The molecule has 1 aliphatic heterocycles. The molecule has 5 nitrogen and oxygen atoms in total. The number of hydrogen-bond acceptors (Lipinski definition) is 5. The normalized spacial score (nSPS) is 16.6. The van der Waals surface area contributed by atoms with Gasteiger partial charge in [-0.15, -0.1) is 11.3 Å². The van der Waals surface area contributed by atoms with Crippen LogP contribution in [0.5, 0.6) is 0 Å². The molecule has 1 fully saturated rings. The number of rotatable bonds is 3. The zero-order valence-electron chi connectivity index (χ0n) is 10.7. The van der Waals surface area contributed by atoms with Gasteiger partial charge in [-0.05, 0) is 19.1 Å². The summed E-state index contributed by atoms with van der Waals surface area (Å²) in [5.74, 6) is 1.79. The monoisotopic (exact) mass is 277 g/mol. The van der Waals surface area contributed by atoms with Crippen LogP contribution in [0.2, 0.25) is 0 Å². The van der Waals surface area contributed by atoms with Gasteiger partial charge in [0.25, 0.3) is 0 Å². The third-order valence-corrected chi connectivity index (χ3v) is 3.91. The predicted octanol–water partition coefficient (Wildman–Crippen LogP) is 1.64. The Morgan fingerprint density at radius 2 is 2.42 bits per heavy atom. The third-order valence-electron chi connectivity index (χ3n) is 3.01. The Bertz CT molecular complexity index is 590. The molecule has 1 amide bonds. The van der Waals surface area contributed by atoms with E-state index in [0.29, 0.717) is 19.6 Å². The van der Waals surface area contributed by atoms with Crippen LogP contribution >= 0.6 is 11.3 Å². The number of amides is 1. The molecule has 1 saturated heterocycles. The number of nitrogens with zero attached hydrogens (tertiary/aromatic N) is 2. The van der Waals surface area contributed by atoms with Crippen LogP contribution in [0, 0.1) is 6.92 Å². The molecule has 0 radical (unpaired) electrons. The fourth-order valence-corrected chi connectivity index (χ4v) is 2.87. The summed E-state index contributed by atoms with van der Waals surface area (Å²) in [6.45, 7) is 4.67. The molecule has 3 rings (SSSR count). The maximum absolute atomic E-state index is 11.3. The van der Waals surface area contributed by atoms with Gasteiger partial charge in [0, 0.05) is 25.0 Å². The summed E-state index contributed by atoms with van der Waals surface area (Å²) in [7, 11) is 0. The first kappa shape index (κ1) is 12.4. The highest BCUT2D eigenvalue weighted by molar-refractivity contribution is 7.13. The molecule has 1 N–H and O–H groups in total. The Kier molecular flexibility index (Phi) is 3.35. The summed E-state index contributed by atoms with van der Waals surface area (Å²) in [4.78, 5) is 18.0. The molecule has 1 aliphatic rings. The SMILES string of the molecule is Cc1ccc(-c2nc(CN3CCNC(=O)C3)cs2)o1. The van der Waals surface area contributed by atoms with Crippen LogP contribution in [0.15, 0.2) is 21.9 Å². The van der Waals surface area contributed by atoms with Gasteiger partial charge in [-0.25, -0.2) is 4.98 Å². The molecule has 0 unspecified atom stereocenters. The summed E-state index contributed by atoms with van der Waals surface area (Å²) >= 11 is 1.57. The van der Waals surface area contributed by atoms with Crippen LogP contribution in [-0.4, -0.2) is 35.4 Å². The molecule has 6 heteroatoms. The van der Waals surface area contributed by atoms with E-state index in [9.17, 15) is 4.79 Å². The van der Waals surface area contributed by atoms with Gasteiger partial charge in [0.05, 0.1) is 12.2 Å². The molecule has 19 heavy (non-hydrogen) atoms. The molecule has 2 aromatic heterocycles. The van der Waals surface area contributed by atoms with E-state index >= 15 is 0 Å². The molecule has 0 aliphatic carbocycles. The van der Waals surface area contributed by atoms with E-state index in [-0.39, 0.29) is 5.91 Å². The van der Waals surface area contributed by atoms with Crippen LogP contribution in [-0.2, 0) is 11.3 Å². The van der Waals surface area contributed by atoms with Gasteiger partial charge in [-0.1, -0.05) is 0 Å². The lowest BCUT2D eigenvalue weighted by atomic mass is 10.3. The fraction of sp³-hybridized carbons (Fsp3) is 0.385. The Balaban J connectivity index is 1.69. The number of piperazine rings is 1. The van der Waals surface area contributed by atoms with E-state index in [0.717, 1.165) is 28.8 Å². The van der Waals surface area contributed by atoms with Crippen LogP contribution in [0.3, 0.4) is 0 Å². The second-order valence-electron chi connectivity index (χ2n) is 4.61. The van der Waals surface area contributed by atoms with E-state index in [4.69, 9.17) is 4.42 Å².